The van der Waals surface area contributed by atoms with Crippen molar-refractivity contribution in [1.29, 1.82) is 0 Å². The van der Waals surface area contributed by atoms with Crippen LogP contribution in [0.4, 0.5) is 11.4 Å². The minimum absolute atomic E-state index is 0.139. The van der Waals surface area contributed by atoms with E-state index in [9.17, 15) is 9.59 Å². The van der Waals surface area contributed by atoms with Gasteiger partial charge in [0.05, 0.1) is 0 Å². The van der Waals surface area contributed by atoms with E-state index in [4.69, 9.17) is 11.5 Å². The first kappa shape index (κ1) is 12.9. The van der Waals surface area contributed by atoms with Crippen molar-refractivity contribution >= 4 is 11.4 Å². The molecule has 100 valence electrons. The molecule has 0 radical (unpaired) electrons. The molecule has 2 aromatic rings. The van der Waals surface area contributed by atoms with Gasteiger partial charge in [-0.2, -0.15) is 0 Å². The van der Waals surface area contributed by atoms with Crippen molar-refractivity contribution in [3.63, 3.8) is 0 Å². The largest absolute Gasteiger partial charge is 0.398 e. The highest BCUT2D eigenvalue weighted by Gasteiger charge is 2.04. The van der Waals surface area contributed by atoms with Gasteiger partial charge in [0.25, 0.3) is 11.1 Å². The number of aromatic nitrogens is 2. The fraction of sp³-hybridized carbons (Fsp3) is 0.231. The Labute approximate surface area is 109 Å². The van der Waals surface area contributed by atoms with E-state index in [2.05, 4.69) is 0 Å². The van der Waals surface area contributed by atoms with Crippen LogP contribution in [0.15, 0.2) is 34.1 Å². The molecule has 0 aliphatic carbocycles. The van der Waals surface area contributed by atoms with Crippen molar-refractivity contribution in [2.75, 3.05) is 11.5 Å². The lowest BCUT2D eigenvalue weighted by atomic mass is 10.2. The molecule has 0 aromatic carbocycles. The van der Waals surface area contributed by atoms with Gasteiger partial charge in [-0.1, -0.05) is 0 Å². The van der Waals surface area contributed by atoms with E-state index in [1.54, 1.807) is 12.4 Å². The summed E-state index contributed by atoms with van der Waals surface area (Å²) in [5, 5.41) is 0. The van der Waals surface area contributed by atoms with Gasteiger partial charge in [0.1, 0.15) is 6.67 Å². The SMILES string of the molecule is Cc1cn(Cn2cc(C)c(N)cc2=O)c(=O)cc1N. The standard InChI is InChI=1S/C13H16N4O2/c1-8-5-16(12(18)3-10(8)14)7-17-6-9(2)11(15)4-13(17)19/h3-6H,7,14-15H2,1-2H3. The average molecular weight is 260 g/mol. The predicted octanol–water partition coefficient (Wildman–Crippen LogP) is 0.297. The Morgan fingerprint density at radius 1 is 0.895 bits per heavy atom. The van der Waals surface area contributed by atoms with Crippen molar-refractivity contribution in [1.82, 2.24) is 9.13 Å². The molecule has 0 amide bonds. The second-order valence-electron chi connectivity index (χ2n) is 4.58. The third-order valence-electron chi connectivity index (χ3n) is 3.04. The van der Waals surface area contributed by atoms with Crippen molar-refractivity contribution in [2.45, 2.75) is 20.5 Å². The lowest BCUT2D eigenvalue weighted by Crippen LogP contribution is -2.29. The summed E-state index contributed by atoms with van der Waals surface area (Å²) in [6.45, 7) is 3.75. The predicted molar refractivity (Wildman–Crippen MR) is 75.1 cm³/mol. The Morgan fingerprint density at radius 3 is 1.63 bits per heavy atom. The van der Waals surface area contributed by atoms with Crippen molar-refractivity contribution in [3.8, 4) is 0 Å². The molecule has 6 nitrogen and oxygen atoms in total. The topological polar surface area (TPSA) is 96.0 Å². The van der Waals surface area contributed by atoms with Gasteiger partial charge in [-0.3, -0.25) is 18.7 Å². The van der Waals surface area contributed by atoms with E-state index in [1.807, 2.05) is 13.8 Å². The minimum atomic E-state index is -0.246. The van der Waals surface area contributed by atoms with E-state index >= 15 is 0 Å². The first-order valence-electron chi connectivity index (χ1n) is 5.81. The summed E-state index contributed by atoms with van der Waals surface area (Å²) in [4.78, 5) is 23.6. The normalized spacial score (nSPS) is 10.6. The van der Waals surface area contributed by atoms with Crippen molar-refractivity contribution in [2.24, 2.45) is 0 Å². The molecule has 2 aromatic heterocycles. The average Bonchev–Trinajstić information content (AvgIpc) is 2.32. The van der Waals surface area contributed by atoms with Crippen LogP contribution in [0.2, 0.25) is 0 Å². The molecule has 6 heteroatoms. The minimum Gasteiger partial charge on any atom is -0.398 e. The monoisotopic (exact) mass is 260 g/mol. The molecule has 2 heterocycles. The fourth-order valence-electron chi connectivity index (χ4n) is 1.79. The highest BCUT2D eigenvalue weighted by atomic mass is 16.1. The van der Waals surface area contributed by atoms with Gasteiger partial charge in [-0.05, 0) is 25.0 Å². The van der Waals surface area contributed by atoms with E-state index in [0.717, 1.165) is 11.1 Å². The highest BCUT2D eigenvalue weighted by Crippen LogP contribution is 2.07. The smallest absolute Gasteiger partial charge is 0.254 e. The quantitative estimate of drug-likeness (QED) is 0.811. The number of nitrogen functional groups attached to an aromatic ring is 2. The Kier molecular flexibility index (Phi) is 3.16. The number of nitrogens with two attached hydrogens (primary N) is 2. The van der Waals surface area contributed by atoms with Crippen LogP contribution in [0, 0.1) is 13.8 Å². The van der Waals surface area contributed by atoms with Gasteiger partial charge in [-0.25, -0.2) is 0 Å². The number of pyridine rings is 2. The van der Waals surface area contributed by atoms with Crippen molar-refractivity contribution in [3.05, 3.63) is 56.4 Å². The van der Waals surface area contributed by atoms with E-state index < -0.39 is 0 Å². The highest BCUT2D eigenvalue weighted by molar-refractivity contribution is 5.44. The second-order valence-corrected chi connectivity index (χ2v) is 4.58. The lowest BCUT2D eigenvalue weighted by Gasteiger charge is -2.12. The molecular weight excluding hydrogens is 244 g/mol. The number of anilines is 2. The number of rotatable bonds is 2. The molecular formula is C13H16N4O2. The summed E-state index contributed by atoms with van der Waals surface area (Å²) in [6, 6.07) is 2.70. The van der Waals surface area contributed by atoms with Gasteiger partial charge in [0.15, 0.2) is 0 Å². The van der Waals surface area contributed by atoms with Gasteiger partial charge < -0.3 is 11.5 Å². The molecule has 0 aliphatic heterocycles. The summed E-state index contributed by atoms with van der Waals surface area (Å²) in [7, 11) is 0. The molecule has 19 heavy (non-hydrogen) atoms. The molecule has 0 spiro atoms. The molecule has 0 aliphatic rings. The summed E-state index contributed by atoms with van der Waals surface area (Å²) >= 11 is 0. The van der Waals surface area contributed by atoms with E-state index in [-0.39, 0.29) is 17.8 Å². The van der Waals surface area contributed by atoms with Crippen LogP contribution in [0.3, 0.4) is 0 Å². The van der Waals surface area contributed by atoms with Crippen LogP contribution in [-0.4, -0.2) is 9.13 Å². The molecule has 0 bridgehead atoms. The summed E-state index contributed by atoms with van der Waals surface area (Å²) in [5.74, 6) is 0. The summed E-state index contributed by atoms with van der Waals surface area (Å²) < 4.78 is 2.87. The van der Waals surface area contributed by atoms with Crippen molar-refractivity contribution < 1.29 is 0 Å². The van der Waals surface area contributed by atoms with Crippen LogP contribution in [0.25, 0.3) is 0 Å². The number of aryl methyl sites for hydroxylation is 2. The molecule has 2 rings (SSSR count). The molecule has 4 N–H and O–H groups in total. The fourth-order valence-corrected chi connectivity index (χ4v) is 1.79. The molecule has 0 unspecified atom stereocenters. The van der Waals surface area contributed by atoms with Gasteiger partial charge >= 0.3 is 0 Å². The second kappa shape index (κ2) is 4.64. The van der Waals surface area contributed by atoms with Gasteiger partial charge in [-0.15, -0.1) is 0 Å². The zero-order valence-corrected chi connectivity index (χ0v) is 10.9. The van der Waals surface area contributed by atoms with Crippen LogP contribution in [-0.2, 0) is 6.67 Å². The zero-order valence-electron chi connectivity index (χ0n) is 10.9. The van der Waals surface area contributed by atoms with E-state index in [1.165, 1.54) is 21.3 Å². The third kappa shape index (κ3) is 2.52. The number of hydrogen-bond acceptors (Lipinski definition) is 4. The Morgan fingerprint density at radius 2 is 1.26 bits per heavy atom. The first-order chi connectivity index (χ1) is 8.88. The van der Waals surface area contributed by atoms with Crippen LogP contribution < -0.4 is 22.6 Å². The Bertz CT molecular complexity index is 680. The maximum Gasteiger partial charge on any atom is 0.254 e. The third-order valence-corrected chi connectivity index (χ3v) is 3.04. The van der Waals surface area contributed by atoms with Crippen LogP contribution >= 0.6 is 0 Å². The Hall–Kier alpha value is -2.50. The summed E-state index contributed by atoms with van der Waals surface area (Å²) in [6.07, 6.45) is 3.27. The van der Waals surface area contributed by atoms with Gasteiger partial charge in [0.2, 0.25) is 0 Å². The van der Waals surface area contributed by atoms with E-state index in [0.29, 0.717) is 11.4 Å². The number of hydrogen-bond donors (Lipinski definition) is 2. The zero-order chi connectivity index (χ0) is 14.2. The Balaban J connectivity index is 2.48. The molecule has 0 atom stereocenters. The number of nitrogens with zero attached hydrogens (tertiary/aromatic N) is 2. The maximum absolute atomic E-state index is 11.8. The molecule has 0 fully saturated rings. The maximum atomic E-state index is 11.8. The molecule has 0 saturated heterocycles. The summed E-state index contributed by atoms with van der Waals surface area (Å²) in [5.41, 5.74) is 13.3. The molecule has 0 saturated carbocycles. The lowest BCUT2D eigenvalue weighted by molar-refractivity contribution is 0.569. The van der Waals surface area contributed by atoms with Crippen LogP contribution in [0.5, 0.6) is 0 Å². The van der Waals surface area contributed by atoms with Gasteiger partial charge in [0, 0.05) is 35.9 Å². The first-order valence-corrected chi connectivity index (χ1v) is 5.81. The van der Waals surface area contributed by atoms with Crippen LogP contribution in [0.1, 0.15) is 11.1 Å².